The lowest BCUT2D eigenvalue weighted by molar-refractivity contribution is 0.000957. The molecule has 1 aromatic carbocycles. The van der Waals surface area contributed by atoms with Crippen LogP contribution in [-0.2, 0) is 10.7 Å². The highest BCUT2D eigenvalue weighted by Crippen LogP contribution is 2.41. The second-order valence-corrected chi connectivity index (χ2v) is 4.75. The summed E-state index contributed by atoms with van der Waals surface area (Å²) in [6, 6.07) is 2.90. The van der Waals surface area contributed by atoms with Gasteiger partial charge in [-0.2, -0.15) is 0 Å². The number of hydrogen-bond acceptors (Lipinski definition) is 4. The molecule has 1 unspecified atom stereocenters. The zero-order valence-corrected chi connectivity index (χ0v) is 11.8. The Kier molecular flexibility index (Phi) is 4.45. The minimum Gasteiger partial charge on any atom is -0.493 e. The van der Waals surface area contributed by atoms with E-state index in [1.807, 2.05) is 0 Å². The second kappa shape index (κ2) is 5.93. The van der Waals surface area contributed by atoms with E-state index in [0.717, 1.165) is 13.5 Å². The predicted molar refractivity (Wildman–Crippen MR) is 70.7 cm³/mol. The Morgan fingerprint density at radius 3 is 2.40 bits per heavy atom. The van der Waals surface area contributed by atoms with Crippen molar-refractivity contribution >= 4 is 0 Å². The fourth-order valence-electron chi connectivity index (χ4n) is 2.31. The SMILES string of the molecule is COc1cc(C2CNCCO2)c(C(C)(F)F)cc1OC. The maximum absolute atomic E-state index is 13.8. The van der Waals surface area contributed by atoms with E-state index in [2.05, 4.69) is 5.32 Å². The van der Waals surface area contributed by atoms with Gasteiger partial charge in [0.05, 0.1) is 26.9 Å². The molecule has 0 bridgehead atoms. The predicted octanol–water partition coefficient (Wildman–Crippen LogP) is 2.48. The quantitative estimate of drug-likeness (QED) is 0.923. The number of benzene rings is 1. The smallest absolute Gasteiger partial charge is 0.271 e. The summed E-state index contributed by atoms with van der Waals surface area (Å²) >= 11 is 0. The normalized spacial score (nSPS) is 19.8. The molecule has 20 heavy (non-hydrogen) atoms. The Morgan fingerprint density at radius 2 is 1.90 bits per heavy atom. The van der Waals surface area contributed by atoms with E-state index in [4.69, 9.17) is 14.2 Å². The van der Waals surface area contributed by atoms with E-state index in [1.165, 1.54) is 20.3 Å². The lowest BCUT2D eigenvalue weighted by atomic mass is 9.96. The van der Waals surface area contributed by atoms with Crippen LogP contribution in [0.3, 0.4) is 0 Å². The molecule has 1 aliphatic heterocycles. The first kappa shape index (κ1) is 15.0. The van der Waals surface area contributed by atoms with Gasteiger partial charge >= 0.3 is 0 Å². The molecule has 4 nitrogen and oxygen atoms in total. The lowest BCUT2D eigenvalue weighted by Gasteiger charge is -2.28. The maximum Gasteiger partial charge on any atom is 0.271 e. The highest BCUT2D eigenvalue weighted by Gasteiger charge is 2.33. The molecule has 112 valence electrons. The molecule has 0 aromatic heterocycles. The van der Waals surface area contributed by atoms with E-state index in [9.17, 15) is 8.78 Å². The van der Waals surface area contributed by atoms with Crippen LogP contribution in [0.4, 0.5) is 8.78 Å². The molecular weight excluding hydrogens is 268 g/mol. The minimum atomic E-state index is -2.98. The van der Waals surface area contributed by atoms with Crippen molar-refractivity contribution in [3.8, 4) is 11.5 Å². The van der Waals surface area contributed by atoms with Gasteiger partial charge in [0, 0.05) is 25.6 Å². The van der Waals surface area contributed by atoms with E-state index >= 15 is 0 Å². The summed E-state index contributed by atoms with van der Waals surface area (Å²) in [6.45, 7) is 2.59. The van der Waals surface area contributed by atoms with Crippen molar-refractivity contribution in [2.24, 2.45) is 0 Å². The molecule has 0 spiro atoms. The zero-order chi connectivity index (χ0) is 14.8. The highest BCUT2D eigenvalue weighted by atomic mass is 19.3. The number of rotatable bonds is 4. The van der Waals surface area contributed by atoms with Crippen molar-refractivity contribution in [2.45, 2.75) is 19.0 Å². The molecular formula is C14H19F2NO3. The molecule has 0 amide bonds. The van der Waals surface area contributed by atoms with Gasteiger partial charge in [0.15, 0.2) is 11.5 Å². The summed E-state index contributed by atoms with van der Waals surface area (Å²) in [4.78, 5) is 0. The minimum absolute atomic E-state index is 0.0937. The van der Waals surface area contributed by atoms with Crippen LogP contribution in [0, 0.1) is 0 Å². The largest absolute Gasteiger partial charge is 0.493 e. The van der Waals surface area contributed by atoms with Crippen molar-refractivity contribution in [1.29, 1.82) is 0 Å². The van der Waals surface area contributed by atoms with E-state index in [1.54, 1.807) is 6.07 Å². The van der Waals surface area contributed by atoms with Gasteiger partial charge < -0.3 is 19.5 Å². The fraction of sp³-hybridized carbons (Fsp3) is 0.571. The molecule has 6 heteroatoms. The first-order valence-electron chi connectivity index (χ1n) is 6.44. The Balaban J connectivity index is 2.51. The molecule has 1 N–H and O–H groups in total. The van der Waals surface area contributed by atoms with Gasteiger partial charge in [0.1, 0.15) is 0 Å². The molecule has 0 saturated carbocycles. The summed E-state index contributed by atoms with van der Waals surface area (Å²) in [6.07, 6.45) is -0.413. The van der Waals surface area contributed by atoms with Crippen LogP contribution in [0.2, 0.25) is 0 Å². The number of ether oxygens (including phenoxy) is 3. The van der Waals surface area contributed by atoms with Crippen LogP contribution in [-0.4, -0.2) is 33.9 Å². The first-order chi connectivity index (χ1) is 9.47. The lowest BCUT2D eigenvalue weighted by Crippen LogP contribution is -2.34. The van der Waals surface area contributed by atoms with Crippen LogP contribution in [0.25, 0.3) is 0 Å². The van der Waals surface area contributed by atoms with Gasteiger partial charge in [-0.15, -0.1) is 0 Å². The van der Waals surface area contributed by atoms with Crippen LogP contribution >= 0.6 is 0 Å². The van der Waals surface area contributed by atoms with E-state index in [-0.39, 0.29) is 11.3 Å². The Labute approximate surface area is 117 Å². The van der Waals surface area contributed by atoms with Crippen LogP contribution < -0.4 is 14.8 Å². The average Bonchev–Trinajstić information content (AvgIpc) is 2.45. The summed E-state index contributed by atoms with van der Waals surface area (Å²) in [5.41, 5.74) is 0.339. The summed E-state index contributed by atoms with van der Waals surface area (Å²) in [5, 5.41) is 3.14. The molecule has 1 heterocycles. The Bertz CT molecular complexity index is 468. The number of methoxy groups -OCH3 is 2. The van der Waals surface area contributed by atoms with Gasteiger partial charge in [0.2, 0.25) is 0 Å². The number of alkyl halides is 2. The van der Waals surface area contributed by atoms with Crippen molar-refractivity contribution < 1.29 is 23.0 Å². The maximum atomic E-state index is 13.8. The second-order valence-electron chi connectivity index (χ2n) is 4.75. The van der Waals surface area contributed by atoms with E-state index < -0.39 is 12.0 Å². The third-order valence-corrected chi connectivity index (χ3v) is 3.30. The molecule has 1 aliphatic rings. The molecule has 0 aliphatic carbocycles. The number of halogens is 2. The fourth-order valence-corrected chi connectivity index (χ4v) is 2.31. The standard InChI is InChI=1S/C14H19F2NO3/c1-14(15,16)10-7-12(19-3)11(18-2)6-9(10)13-8-17-4-5-20-13/h6-7,13,17H,4-5,8H2,1-3H3. The molecule has 2 rings (SSSR count). The topological polar surface area (TPSA) is 39.7 Å². The van der Waals surface area contributed by atoms with Crippen molar-refractivity contribution in [3.63, 3.8) is 0 Å². The average molecular weight is 287 g/mol. The Hall–Kier alpha value is -1.40. The van der Waals surface area contributed by atoms with Crippen molar-refractivity contribution in [2.75, 3.05) is 33.9 Å². The van der Waals surface area contributed by atoms with Crippen molar-refractivity contribution in [1.82, 2.24) is 5.32 Å². The van der Waals surface area contributed by atoms with Crippen molar-refractivity contribution in [3.05, 3.63) is 23.3 Å². The van der Waals surface area contributed by atoms with Gasteiger partial charge in [-0.3, -0.25) is 0 Å². The van der Waals surface area contributed by atoms with Crippen LogP contribution in [0.15, 0.2) is 12.1 Å². The zero-order valence-electron chi connectivity index (χ0n) is 11.8. The van der Waals surface area contributed by atoms with Gasteiger partial charge in [0.25, 0.3) is 5.92 Å². The summed E-state index contributed by atoms with van der Waals surface area (Å²) < 4.78 is 43.6. The third-order valence-electron chi connectivity index (χ3n) is 3.30. The molecule has 1 aromatic rings. The number of morpholine rings is 1. The molecule has 1 saturated heterocycles. The third kappa shape index (κ3) is 3.02. The summed E-state index contributed by atoms with van der Waals surface area (Å²) in [5.74, 6) is -2.27. The first-order valence-corrected chi connectivity index (χ1v) is 6.44. The molecule has 1 atom stereocenters. The van der Waals surface area contributed by atoms with Crippen LogP contribution in [0.5, 0.6) is 11.5 Å². The highest BCUT2D eigenvalue weighted by molar-refractivity contribution is 5.49. The Morgan fingerprint density at radius 1 is 1.25 bits per heavy atom. The monoisotopic (exact) mass is 287 g/mol. The number of hydrogen-bond donors (Lipinski definition) is 1. The molecule has 1 fully saturated rings. The van der Waals surface area contributed by atoms with E-state index in [0.29, 0.717) is 24.5 Å². The van der Waals surface area contributed by atoms with Gasteiger partial charge in [-0.1, -0.05) is 0 Å². The van der Waals surface area contributed by atoms with Crippen LogP contribution in [0.1, 0.15) is 24.2 Å². The van der Waals surface area contributed by atoms with Gasteiger partial charge in [-0.05, 0) is 17.7 Å². The molecule has 0 radical (unpaired) electrons. The summed E-state index contributed by atoms with van der Waals surface area (Å²) in [7, 11) is 2.90. The number of nitrogens with one attached hydrogen (secondary N) is 1. The van der Waals surface area contributed by atoms with Gasteiger partial charge in [-0.25, -0.2) is 8.78 Å².